The molecule has 0 amide bonds. The molecule has 48 valence electrons. The van der Waals surface area contributed by atoms with Crippen molar-refractivity contribution >= 4 is 0 Å². The van der Waals surface area contributed by atoms with E-state index < -0.39 is 0 Å². The van der Waals surface area contributed by atoms with E-state index in [2.05, 4.69) is 18.7 Å². The smallest absolute Gasteiger partial charge is 0 e. The van der Waals surface area contributed by atoms with Crippen molar-refractivity contribution in [3.05, 3.63) is 11.7 Å². The maximum atomic E-state index is 4.17. The maximum Gasteiger partial charge on any atom is 0 e. The van der Waals surface area contributed by atoms with E-state index in [1.165, 1.54) is 6.42 Å². The summed E-state index contributed by atoms with van der Waals surface area (Å²) in [6.45, 7) is 4.31. The summed E-state index contributed by atoms with van der Waals surface area (Å²) < 4.78 is 0. The Morgan fingerprint density at radius 3 is 2.33 bits per heavy atom. The van der Waals surface area contributed by atoms with E-state index in [-0.39, 0.29) is 65.4 Å². The van der Waals surface area contributed by atoms with Crippen LogP contribution in [0.15, 0.2) is 0 Å². The quantitative estimate of drug-likeness (QED) is 0.596. The topological polar surface area (TPSA) is 14.1 Å². The van der Waals surface area contributed by atoms with Crippen molar-refractivity contribution in [1.82, 2.24) is 0 Å². The second-order valence-corrected chi connectivity index (χ2v) is 2.13. The Balaban J connectivity index is 0. The molecule has 0 N–H and O–H groups in total. The molecule has 0 aromatic carbocycles. The Bertz CT molecular complexity index is 53.0. The first-order valence-electron chi connectivity index (χ1n) is 2.86. The zero-order valence-corrected chi connectivity index (χ0v) is 11.6. The van der Waals surface area contributed by atoms with Gasteiger partial charge in [-0.1, -0.05) is 13.3 Å². The van der Waals surface area contributed by atoms with E-state index in [4.69, 9.17) is 0 Å². The van der Waals surface area contributed by atoms with Gasteiger partial charge in [-0.3, -0.25) is 6.54 Å². The summed E-state index contributed by atoms with van der Waals surface area (Å²) in [6.07, 6.45) is 3.53. The molecule has 1 fully saturated rings. The molecule has 1 rings (SSSR count). The van der Waals surface area contributed by atoms with E-state index in [0.717, 1.165) is 19.0 Å². The van der Waals surface area contributed by atoms with Gasteiger partial charge in [-0.25, -0.2) is 0 Å². The van der Waals surface area contributed by atoms with Gasteiger partial charge in [0.25, 0.3) is 0 Å². The van der Waals surface area contributed by atoms with Gasteiger partial charge in [0.15, 0.2) is 0 Å². The first-order chi connectivity index (χ1) is 3.39. The molecule has 1 saturated heterocycles. The van der Waals surface area contributed by atoms with Crippen molar-refractivity contribution in [2.45, 2.75) is 13.3 Å². The van der Waals surface area contributed by atoms with Gasteiger partial charge in [-0.2, -0.15) is 12.5 Å². The molecule has 1 nitrogen and oxygen atoms in total. The molecule has 1 unspecified atom stereocenters. The van der Waals surface area contributed by atoms with Crippen LogP contribution in [0.2, 0.25) is 0 Å². The van der Waals surface area contributed by atoms with Gasteiger partial charge in [0.1, 0.15) is 0 Å². The number of nitrogens with zero attached hydrogens (tertiary/aromatic N) is 1. The van der Waals surface area contributed by atoms with Crippen LogP contribution in [0.4, 0.5) is 0 Å². The van der Waals surface area contributed by atoms with E-state index >= 15 is 0 Å². The van der Waals surface area contributed by atoms with E-state index in [0.29, 0.717) is 0 Å². The van der Waals surface area contributed by atoms with Crippen LogP contribution in [0.1, 0.15) is 13.3 Å². The third-order valence-electron chi connectivity index (χ3n) is 1.38. The first kappa shape index (κ1) is 13.7. The van der Waals surface area contributed by atoms with E-state index in [1.807, 2.05) is 0 Å². The monoisotopic (exact) mass is 275 g/mol. The molecule has 9 heavy (non-hydrogen) atoms. The fourth-order valence-corrected chi connectivity index (χ4v) is 0.759. The predicted octanol–water partition coefficient (Wildman–Crippen LogP) is 1.60. The van der Waals surface area contributed by atoms with Crippen LogP contribution in [-0.4, -0.2) is 13.1 Å². The van der Waals surface area contributed by atoms with Crippen molar-refractivity contribution in [2.75, 3.05) is 13.1 Å². The van der Waals surface area contributed by atoms with E-state index in [1.54, 1.807) is 0 Å². The summed E-state index contributed by atoms with van der Waals surface area (Å²) in [4.78, 5) is 0. The molecule has 0 bridgehead atoms. The van der Waals surface area contributed by atoms with Crippen molar-refractivity contribution < 1.29 is 65.4 Å². The molecular formula is C6H11NY2-2. The molecule has 1 aliphatic heterocycles. The average molecular weight is 275 g/mol. The minimum atomic E-state index is 0. The van der Waals surface area contributed by atoms with Gasteiger partial charge in [-0.15, -0.1) is 0 Å². The summed E-state index contributed by atoms with van der Waals surface area (Å²) >= 11 is 0. The molecule has 0 spiro atoms. The molecule has 3 heteroatoms. The van der Waals surface area contributed by atoms with Crippen LogP contribution in [0.5, 0.6) is 0 Å². The zero-order valence-electron chi connectivity index (χ0n) is 5.88. The van der Waals surface area contributed by atoms with Crippen LogP contribution < -0.4 is 0 Å². The third kappa shape index (κ3) is 6.56. The first-order valence-corrected chi connectivity index (χ1v) is 2.86. The fourth-order valence-electron chi connectivity index (χ4n) is 0.759. The SMILES string of the molecule is CC1[CH-]C[N-]CC1.[Y].[Y]. The minimum Gasteiger partial charge on any atom is -0.688 e. The Morgan fingerprint density at radius 1 is 1.44 bits per heavy atom. The number of hydrogen-bond donors (Lipinski definition) is 0. The minimum absolute atomic E-state index is 0. The van der Waals surface area contributed by atoms with Gasteiger partial charge in [0.05, 0.1) is 0 Å². The van der Waals surface area contributed by atoms with Gasteiger partial charge >= 0.3 is 0 Å². The molecular weight excluding hydrogens is 264 g/mol. The van der Waals surface area contributed by atoms with Crippen molar-refractivity contribution in [3.63, 3.8) is 0 Å². The summed E-state index contributed by atoms with van der Waals surface area (Å²) in [6, 6.07) is 0. The predicted molar refractivity (Wildman–Crippen MR) is 31.2 cm³/mol. The van der Waals surface area contributed by atoms with Gasteiger partial charge in [0.2, 0.25) is 0 Å². The largest absolute Gasteiger partial charge is 0.688 e. The van der Waals surface area contributed by atoms with Gasteiger partial charge in [-0.05, 0) is 0 Å². The second kappa shape index (κ2) is 8.27. The number of piperidine rings is 1. The summed E-state index contributed by atoms with van der Waals surface area (Å²) in [5.74, 6) is 0.817. The summed E-state index contributed by atoms with van der Waals surface area (Å²) in [7, 11) is 0. The van der Waals surface area contributed by atoms with Crippen molar-refractivity contribution in [2.24, 2.45) is 5.92 Å². The zero-order chi connectivity index (χ0) is 5.11. The van der Waals surface area contributed by atoms with Gasteiger partial charge in [0, 0.05) is 65.4 Å². The van der Waals surface area contributed by atoms with Crippen LogP contribution in [-0.2, 0) is 65.4 Å². The average Bonchev–Trinajstić information content (AvgIpc) is 1.69. The summed E-state index contributed by atoms with van der Waals surface area (Å²) in [5, 5.41) is 4.17. The molecule has 1 aliphatic rings. The fraction of sp³-hybridized carbons (Fsp3) is 0.833. The molecule has 1 atom stereocenters. The normalized spacial score (nSPS) is 25.7. The van der Waals surface area contributed by atoms with E-state index in [9.17, 15) is 0 Å². The maximum absolute atomic E-state index is 4.17. The van der Waals surface area contributed by atoms with Gasteiger partial charge < -0.3 is 11.7 Å². The standard InChI is InChI=1S/C6H11N.2Y/c1-6-2-4-7-5-3-6;;/h2,6H,3-5H2,1H3;;/q-2;;. The number of hydrogen-bond acceptors (Lipinski definition) is 0. The Morgan fingerprint density at radius 2 is 2.11 bits per heavy atom. The Kier molecular flexibility index (Phi) is 12.6. The molecule has 0 aromatic rings. The van der Waals surface area contributed by atoms with Crippen LogP contribution in [0.25, 0.3) is 5.32 Å². The molecule has 0 saturated carbocycles. The van der Waals surface area contributed by atoms with Crippen LogP contribution in [0, 0.1) is 12.3 Å². The number of rotatable bonds is 0. The summed E-state index contributed by atoms with van der Waals surface area (Å²) in [5.41, 5.74) is 0. The molecule has 2 radical (unpaired) electrons. The molecule has 1 heterocycles. The Hall–Kier alpha value is 2.17. The Labute approximate surface area is 108 Å². The molecule has 0 aliphatic carbocycles. The van der Waals surface area contributed by atoms with Crippen molar-refractivity contribution in [1.29, 1.82) is 0 Å². The van der Waals surface area contributed by atoms with Crippen LogP contribution >= 0.6 is 0 Å². The van der Waals surface area contributed by atoms with Crippen LogP contribution in [0.3, 0.4) is 0 Å². The molecule has 0 aromatic heterocycles. The third-order valence-corrected chi connectivity index (χ3v) is 1.38. The second-order valence-electron chi connectivity index (χ2n) is 2.13. The van der Waals surface area contributed by atoms with Crippen molar-refractivity contribution in [3.8, 4) is 0 Å².